The average Bonchev–Trinajstić information content (AvgIpc) is 3.71. The monoisotopic (exact) mass is 801 g/mol. The number of unbranched alkanes of at least 4 members (excludes halogenated alkanes) is 13. The lowest BCUT2D eigenvalue weighted by Gasteiger charge is -2.18. The maximum Gasteiger partial charge on any atom is 0.306 e. The molecular weight excluding hydrogens is 721 g/mol. The Balaban J connectivity index is 2.23. The number of carbonyl (C=O) groups excluding carboxylic acids is 2. The van der Waals surface area contributed by atoms with Crippen molar-refractivity contribution in [3.05, 3.63) is 72.9 Å². The van der Waals surface area contributed by atoms with Crippen LogP contribution in [0.25, 0.3) is 0 Å². The molecule has 1 aliphatic rings. The highest BCUT2D eigenvalue weighted by atomic mass is 33.1. The fourth-order valence-electron chi connectivity index (χ4n) is 6.11. The zero-order valence-electron chi connectivity index (χ0n) is 35.2. The number of carbonyl (C=O) groups is 2. The van der Waals surface area contributed by atoms with Crippen LogP contribution in [0.15, 0.2) is 72.9 Å². The summed E-state index contributed by atoms with van der Waals surface area (Å²) in [6.45, 7) is 5.38. The van der Waals surface area contributed by atoms with Crippen molar-refractivity contribution < 1.29 is 23.8 Å². The predicted molar refractivity (Wildman–Crippen MR) is 242 cm³/mol. The summed E-state index contributed by atoms with van der Waals surface area (Å²) in [4.78, 5) is 25.1. The van der Waals surface area contributed by atoms with Crippen molar-refractivity contribution >= 4 is 33.5 Å². The molecule has 0 radical (unpaired) electrons. The van der Waals surface area contributed by atoms with Crippen molar-refractivity contribution in [2.75, 3.05) is 25.6 Å². The molecule has 0 aromatic carbocycles. The highest BCUT2D eigenvalue weighted by Gasteiger charge is 2.19. The van der Waals surface area contributed by atoms with E-state index in [2.05, 4.69) is 80.7 Å². The first-order chi connectivity index (χ1) is 27.2. The van der Waals surface area contributed by atoms with E-state index in [1.54, 1.807) is 0 Å². The van der Waals surface area contributed by atoms with Gasteiger partial charge in [0.05, 0.1) is 6.61 Å². The first kappa shape index (κ1) is 51.1. The lowest BCUT2D eigenvalue weighted by Crippen LogP contribution is -2.30. The fraction of sp³-hybridized carbons (Fsp3) is 0.708. The van der Waals surface area contributed by atoms with Gasteiger partial charge in [0.25, 0.3) is 0 Å². The molecule has 314 valence electrons. The highest BCUT2D eigenvalue weighted by Crippen LogP contribution is 2.39. The summed E-state index contributed by atoms with van der Waals surface area (Å²) in [6.07, 6.45) is 54.2. The maximum atomic E-state index is 12.7. The van der Waals surface area contributed by atoms with Crippen molar-refractivity contribution in [3.8, 4) is 0 Å². The topological polar surface area (TPSA) is 61.8 Å². The lowest BCUT2D eigenvalue weighted by atomic mass is 10.0. The largest absolute Gasteiger partial charge is 0.462 e. The second kappa shape index (κ2) is 41.7. The molecule has 1 rings (SSSR count). The van der Waals surface area contributed by atoms with Crippen LogP contribution in [0.4, 0.5) is 0 Å². The van der Waals surface area contributed by atoms with E-state index in [0.717, 1.165) is 64.2 Å². The molecule has 0 amide bonds. The van der Waals surface area contributed by atoms with Crippen LogP contribution in [0.2, 0.25) is 0 Å². The minimum atomic E-state index is -0.574. The van der Waals surface area contributed by atoms with Crippen LogP contribution in [0.5, 0.6) is 0 Å². The Bertz CT molecular complexity index is 1060. The van der Waals surface area contributed by atoms with E-state index in [-0.39, 0.29) is 25.2 Å². The van der Waals surface area contributed by atoms with Crippen LogP contribution in [-0.2, 0) is 23.8 Å². The van der Waals surface area contributed by atoms with Gasteiger partial charge < -0.3 is 14.2 Å². The molecule has 1 unspecified atom stereocenters. The van der Waals surface area contributed by atoms with E-state index in [1.807, 2.05) is 27.7 Å². The van der Waals surface area contributed by atoms with Crippen molar-refractivity contribution in [1.29, 1.82) is 0 Å². The average molecular weight is 801 g/mol. The maximum absolute atomic E-state index is 12.7. The number of allylic oxidation sites excluding steroid dienone is 12. The zero-order chi connectivity index (χ0) is 39.5. The first-order valence-corrected chi connectivity index (χ1v) is 24.6. The van der Waals surface area contributed by atoms with Gasteiger partial charge in [-0.3, -0.25) is 9.59 Å². The van der Waals surface area contributed by atoms with Gasteiger partial charge in [0, 0.05) is 30.5 Å². The summed E-state index contributed by atoms with van der Waals surface area (Å²) < 4.78 is 17.2. The molecule has 0 spiro atoms. The SMILES string of the molecule is CC/C=C\C/C=C\C/C=C\C/C=C\C/C=C\C/C=C\CCC(=O)OC(COCCCCCCCCCCCCCCCC)COC(=O)CCC[C@@H]1CCSS1. The second-order valence-corrected chi connectivity index (χ2v) is 17.4. The van der Waals surface area contributed by atoms with E-state index in [0.29, 0.717) is 31.1 Å². The van der Waals surface area contributed by atoms with Crippen molar-refractivity contribution in [3.63, 3.8) is 0 Å². The zero-order valence-corrected chi connectivity index (χ0v) is 36.8. The third kappa shape index (κ3) is 37.4. The molecule has 0 saturated carbocycles. The Morgan fingerprint density at radius 3 is 1.60 bits per heavy atom. The Morgan fingerprint density at radius 1 is 0.582 bits per heavy atom. The van der Waals surface area contributed by atoms with E-state index in [4.69, 9.17) is 14.2 Å². The van der Waals surface area contributed by atoms with Gasteiger partial charge in [0.1, 0.15) is 6.61 Å². The van der Waals surface area contributed by atoms with Gasteiger partial charge in [-0.05, 0) is 70.6 Å². The molecule has 0 N–H and O–H groups in total. The van der Waals surface area contributed by atoms with Gasteiger partial charge in [-0.1, -0.05) is 192 Å². The van der Waals surface area contributed by atoms with Crippen molar-refractivity contribution in [2.24, 2.45) is 0 Å². The van der Waals surface area contributed by atoms with E-state index < -0.39 is 6.10 Å². The molecule has 5 nitrogen and oxygen atoms in total. The van der Waals surface area contributed by atoms with E-state index in [1.165, 1.54) is 89.2 Å². The van der Waals surface area contributed by atoms with E-state index in [9.17, 15) is 9.59 Å². The number of rotatable bonds is 38. The van der Waals surface area contributed by atoms with Crippen LogP contribution < -0.4 is 0 Å². The van der Waals surface area contributed by atoms with Crippen LogP contribution in [0.3, 0.4) is 0 Å². The number of hydrogen-bond acceptors (Lipinski definition) is 7. The first-order valence-electron chi connectivity index (χ1n) is 22.3. The molecule has 1 aliphatic heterocycles. The molecule has 1 saturated heterocycles. The van der Waals surface area contributed by atoms with Crippen molar-refractivity contribution in [2.45, 2.75) is 192 Å². The van der Waals surface area contributed by atoms with Crippen LogP contribution in [0.1, 0.15) is 181 Å². The highest BCUT2D eigenvalue weighted by molar-refractivity contribution is 8.77. The fourth-order valence-corrected chi connectivity index (χ4v) is 9.14. The molecule has 0 aromatic rings. The molecule has 7 heteroatoms. The second-order valence-electron chi connectivity index (χ2n) is 14.6. The Labute approximate surface area is 346 Å². The van der Waals surface area contributed by atoms with Crippen LogP contribution >= 0.6 is 21.6 Å². The normalized spacial score (nSPS) is 15.6. The van der Waals surface area contributed by atoms with E-state index >= 15 is 0 Å². The number of ether oxygens (including phenoxy) is 3. The smallest absolute Gasteiger partial charge is 0.306 e. The molecule has 1 fully saturated rings. The molecule has 0 aliphatic carbocycles. The van der Waals surface area contributed by atoms with Gasteiger partial charge in [-0.25, -0.2) is 0 Å². The summed E-state index contributed by atoms with van der Waals surface area (Å²) in [5.41, 5.74) is 0. The minimum absolute atomic E-state index is 0.0528. The predicted octanol–water partition coefficient (Wildman–Crippen LogP) is 14.7. The quantitative estimate of drug-likeness (QED) is 0.0267. The number of hydrogen-bond donors (Lipinski definition) is 0. The summed E-state index contributed by atoms with van der Waals surface area (Å²) in [5, 5.41) is 0.649. The summed E-state index contributed by atoms with van der Waals surface area (Å²) in [5.74, 6) is 0.699. The Hall–Kier alpha value is -1.96. The van der Waals surface area contributed by atoms with Gasteiger partial charge in [0.2, 0.25) is 0 Å². The van der Waals surface area contributed by atoms with Crippen LogP contribution in [0, 0.1) is 0 Å². The third-order valence-corrected chi connectivity index (χ3v) is 12.4. The summed E-state index contributed by atoms with van der Waals surface area (Å²) in [7, 11) is 3.86. The van der Waals surface area contributed by atoms with Gasteiger partial charge >= 0.3 is 11.9 Å². The standard InChI is InChI=1S/C48H80O5S2/c1-3-5-7-9-11-13-15-17-19-20-21-22-23-24-26-28-30-32-34-38-48(50)53-45(44-52-47(49)39-36-37-46-40-42-54-55-46)43-51-41-35-33-31-29-27-25-18-16-14-12-10-8-6-4-2/h5,7,11,13,17,19,21-22,24,26,30,32,45-46H,3-4,6,8-10,12,14-16,18,20,23,25,27-29,31,33-44H2,1-2H3/b7-5-,13-11-,19-17-,22-21-,26-24-,32-30-/t45?,46-/m1/s1. The number of esters is 2. The summed E-state index contributed by atoms with van der Waals surface area (Å²) >= 11 is 0. The third-order valence-electron chi connectivity index (χ3n) is 9.42. The molecule has 0 bridgehead atoms. The van der Waals surface area contributed by atoms with Gasteiger partial charge in [0.15, 0.2) is 6.10 Å². The Kier molecular flexibility index (Phi) is 38.7. The molecule has 1 heterocycles. The minimum Gasteiger partial charge on any atom is -0.462 e. The molecule has 55 heavy (non-hydrogen) atoms. The van der Waals surface area contributed by atoms with Crippen molar-refractivity contribution in [1.82, 2.24) is 0 Å². The Morgan fingerprint density at radius 2 is 1.09 bits per heavy atom. The van der Waals surface area contributed by atoms with Gasteiger partial charge in [-0.15, -0.1) is 0 Å². The molecular formula is C48H80O5S2. The van der Waals surface area contributed by atoms with Gasteiger partial charge in [-0.2, -0.15) is 0 Å². The van der Waals surface area contributed by atoms with Crippen LogP contribution in [-0.4, -0.2) is 48.9 Å². The molecule has 2 atom stereocenters. The summed E-state index contributed by atoms with van der Waals surface area (Å²) in [6, 6.07) is 0. The molecule has 0 aromatic heterocycles. The lowest BCUT2D eigenvalue weighted by molar-refractivity contribution is -0.162.